The summed E-state index contributed by atoms with van der Waals surface area (Å²) in [5.74, 6) is -0.987. The normalized spacial score (nSPS) is 14.6. The van der Waals surface area contributed by atoms with Crippen molar-refractivity contribution in [2.75, 3.05) is 4.90 Å². The average molecular weight is 635 g/mol. The summed E-state index contributed by atoms with van der Waals surface area (Å²) in [7, 11) is 0. The molecule has 6 nitrogen and oxygen atoms in total. The van der Waals surface area contributed by atoms with Gasteiger partial charge in [0.15, 0.2) is 0 Å². The van der Waals surface area contributed by atoms with Crippen molar-refractivity contribution < 1.29 is 19.1 Å². The third-order valence-electron chi connectivity index (χ3n) is 5.70. The number of allylic oxidation sites excluding steroid dienone is 1. The van der Waals surface area contributed by atoms with Crippen LogP contribution in [0.1, 0.15) is 22.3 Å². The lowest BCUT2D eigenvalue weighted by molar-refractivity contribution is -0.122. The molecule has 0 bridgehead atoms. The number of halogens is 4. The molecule has 0 saturated carbocycles. The Hall–Kier alpha value is -3.10. The number of amides is 4. The molecule has 3 aromatic carbocycles. The third-order valence-corrected chi connectivity index (χ3v) is 7.44. The molecule has 4 rings (SSSR count). The number of carbonyl (C=O) groups excluding carboxylic acids is 3. The summed E-state index contributed by atoms with van der Waals surface area (Å²) in [6, 6.07) is 12.7. The topological polar surface area (TPSA) is 75.7 Å². The highest BCUT2D eigenvalue weighted by Gasteiger charge is 2.37. The SMILES string of the molecule is C=CCc1cc(/C=C2/C(=O)NC(=O)N(c3ccc(C)c(Cl)c3)C2=O)cc(Br)c1OCc1ccc(Cl)c(Cl)c1. The van der Waals surface area contributed by atoms with Crippen LogP contribution >= 0.6 is 50.7 Å². The lowest BCUT2D eigenvalue weighted by Crippen LogP contribution is -2.54. The van der Waals surface area contributed by atoms with Crippen LogP contribution in [0.25, 0.3) is 6.08 Å². The highest BCUT2D eigenvalue weighted by Crippen LogP contribution is 2.34. The lowest BCUT2D eigenvalue weighted by atomic mass is 10.0. The second kappa shape index (κ2) is 11.7. The van der Waals surface area contributed by atoms with Gasteiger partial charge in [0.2, 0.25) is 0 Å². The minimum absolute atomic E-state index is 0.206. The maximum Gasteiger partial charge on any atom is 0.335 e. The molecule has 0 atom stereocenters. The molecule has 0 spiro atoms. The van der Waals surface area contributed by atoms with Crippen LogP contribution in [-0.2, 0) is 22.6 Å². The van der Waals surface area contributed by atoms with Crippen LogP contribution in [-0.4, -0.2) is 17.8 Å². The van der Waals surface area contributed by atoms with Crippen LogP contribution < -0.4 is 15.0 Å². The van der Waals surface area contributed by atoms with E-state index < -0.39 is 17.8 Å². The Morgan fingerprint density at radius 2 is 1.76 bits per heavy atom. The number of rotatable bonds is 7. The quantitative estimate of drug-likeness (QED) is 0.164. The van der Waals surface area contributed by atoms with E-state index in [0.717, 1.165) is 21.6 Å². The largest absolute Gasteiger partial charge is 0.487 e. The van der Waals surface area contributed by atoms with E-state index in [1.54, 1.807) is 49.4 Å². The van der Waals surface area contributed by atoms with E-state index in [2.05, 4.69) is 27.8 Å². The molecule has 0 aliphatic carbocycles. The summed E-state index contributed by atoms with van der Waals surface area (Å²) in [4.78, 5) is 39.3. The fourth-order valence-corrected chi connectivity index (χ4v) is 4.92. The van der Waals surface area contributed by atoms with Crippen LogP contribution in [0, 0.1) is 6.92 Å². The summed E-state index contributed by atoms with van der Waals surface area (Å²) in [6.45, 7) is 5.84. The first-order chi connectivity index (χ1) is 18.1. The molecule has 3 aromatic rings. The average Bonchev–Trinajstić information content (AvgIpc) is 2.85. The maximum atomic E-state index is 13.3. The van der Waals surface area contributed by atoms with Crippen molar-refractivity contribution in [3.63, 3.8) is 0 Å². The van der Waals surface area contributed by atoms with E-state index in [1.165, 1.54) is 12.1 Å². The Kier molecular flexibility index (Phi) is 8.63. The van der Waals surface area contributed by atoms with E-state index in [4.69, 9.17) is 39.5 Å². The van der Waals surface area contributed by atoms with Crippen LogP contribution in [0.15, 0.2) is 71.2 Å². The number of benzene rings is 3. The summed E-state index contributed by atoms with van der Waals surface area (Å²) in [5.41, 5.74) is 2.97. The first-order valence-corrected chi connectivity index (χ1v) is 13.2. The summed E-state index contributed by atoms with van der Waals surface area (Å²) in [5, 5.41) is 3.49. The Labute approximate surface area is 242 Å². The summed E-state index contributed by atoms with van der Waals surface area (Å²) < 4.78 is 6.67. The first kappa shape index (κ1) is 27.9. The molecule has 1 N–H and O–H groups in total. The van der Waals surface area contributed by atoms with Gasteiger partial charge in [-0.15, -0.1) is 6.58 Å². The molecule has 1 aliphatic rings. The van der Waals surface area contributed by atoms with Crippen molar-refractivity contribution in [1.82, 2.24) is 5.32 Å². The van der Waals surface area contributed by atoms with Gasteiger partial charge in [-0.05, 0) is 94.0 Å². The minimum atomic E-state index is -0.850. The molecule has 4 amide bonds. The number of imide groups is 2. The van der Waals surface area contributed by atoms with Crippen molar-refractivity contribution in [2.45, 2.75) is 20.0 Å². The molecule has 1 heterocycles. The van der Waals surface area contributed by atoms with Gasteiger partial charge in [-0.3, -0.25) is 14.9 Å². The van der Waals surface area contributed by atoms with Crippen LogP contribution in [0.2, 0.25) is 15.1 Å². The number of aryl methyl sites for hydroxylation is 1. The third kappa shape index (κ3) is 5.97. The van der Waals surface area contributed by atoms with Crippen molar-refractivity contribution in [3.05, 3.63) is 109 Å². The molecule has 1 aliphatic heterocycles. The molecule has 0 unspecified atom stereocenters. The van der Waals surface area contributed by atoms with Crippen LogP contribution in [0.5, 0.6) is 5.75 Å². The van der Waals surface area contributed by atoms with E-state index in [1.807, 2.05) is 6.07 Å². The highest BCUT2D eigenvalue weighted by atomic mass is 79.9. The number of anilines is 1. The summed E-state index contributed by atoms with van der Waals surface area (Å²) >= 11 is 21.8. The Balaban J connectivity index is 1.66. The van der Waals surface area contributed by atoms with Gasteiger partial charge in [0.05, 0.1) is 20.2 Å². The van der Waals surface area contributed by atoms with E-state index in [0.29, 0.717) is 37.3 Å². The van der Waals surface area contributed by atoms with Gasteiger partial charge in [-0.2, -0.15) is 0 Å². The fourth-order valence-electron chi connectivity index (χ4n) is 3.79. The Morgan fingerprint density at radius 1 is 1.00 bits per heavy atom. The van der Waals surface area contributed by atoms with Gasteiger partial charge in [-0.1, -0.05) is 53.0 Å². The zero-order valence-electron chi connectivity index (χ0n) is 20.0. The standard InChI is InChI=1S/C28H20BrCl3N2O4/c1-3-4-18-9-17(11-21(29)25(18)38-14-16-6-8-22(30)24(32)12-16)10-20-26(35)33-28(37)34(27(20)36)19-7-5-15(2)23(31)13-19/h3,5-13H,1,4,14H2,2H3,(H,33,35,37)/b20-10-. The minimum Gasteiger partial charge on any atom is -0.487 e. The highest BCUT2D eigenvalue weighted by molar-refractivity contribution is 9.10. The van der Waals surface area contributed by atoms with E-state index >= 15 is 0 Å². The number of nitrogens with one attached hydrogen (secondary N) is 1. The predicted octanol–water partition coefficient (Wildman–Crippen LogP) is 7.69. The van der Waals surface area contributed by atoms with Gasteiger partial charge >= 0.3 is 6.03 Å². The zero-order valence-corrected chi connectivity index (χ0v) is 23.8. The number of hydrogen-bond acceptors (Lipinski definition) is 4. The molecule has 194 valence electrons. The number of urea groups is 1. The van der Waals surface area contributed by atoms with E-state index in [-0.39, 0.29) is 17.9 Å². The van der Waals surface area contributed by atoms with Gasteiger partial charge < -0.3 is 4.74 Å². The number of barbiturate groups is 1. The molecular formula is C28H20BrCl3N2O4. The molecule has 0 radical (unpaired) electrons. The molecule has 38 heavy (non-hydrogen) atoms. The number of hydrogen-bond donors (Lipinski definition) is 1. The number of nitrogens with zero attached hydrogens (tertiary/aromatic N) is 1. The lowest BCUT2D eigenvalue weighted by Gasteiger charge is -2.26. The Morgan fingerprint density at radius 3 is 2.45 bits per heavy atom. The smallest absolute Gasteiger partial charge is 0.335 e. The zero-order chi connectivity index (χ0) is 27.6. The van der Waals surface area contributed by atoms with Crippen molar-refractivity contribution in [1.29, 1.82) is 0 Å². The van der Waals surface area contributed by atoms with Crippen molar-refractivity contribution >= 4 is 80.3 Å². The maximum absolute atomic E-state index is 13.3. The molecule has 1 saturated heterocycles. The van der Waals surface area contributed by atoms with Gasteiger partial charge in [0.1, 0.15) is 17.9 Å². The number of ether oxygens (including phenoxy) is 1. The monoisotopic (exact) mass is 632 g/mol. The van der Waals surface area contributed by atoms with Crippen LogP contribution in [0.4, 0.5) is 10.5 Å². The Bertz CT molecular complexity index is 1520. The fraction of sp³-hybridized carbons (Fsp3) is 0.107. The van der Waals surface area contributed by atoms with E-state index in [9.17, 15) is 14.4 Å². The summed E-state index contributed by atoms with van der Waals surface area (Å²) in [6.07, 6.45) is 3.59. The molecule has 1 fully saturated rings. The van der Waals surface area contributed by atoms with Gasteiger partial charge in [0, 0.05) is 5.02 Å². The number of carbonyl (C=O) groups is 3. The predicted molar refractivity (Wildman–Crippen MR) is 154 cm³/mol. The molecular weight excluding hydrogens is 615 g/mol. The molecule has 10 heteroatoms. The van der Waals surface area contributed by atoms with Gasteiger partial charge in [0.25, 0.3) is 11.8 Å². The van der Waals surface area contributed by atoms with Crippen molar-refractivity contribution in [2.24, 2.45) is 0 Å². The second-order valence-corrected chi connectivity index (χ2v) is 10.5. The second-order valence-electron chi connectivity index (χ2n) is 8.41. The van der Waals surface area contributed by atoms with Crippen LogP contribution in [0.3, 0.4) is 0 Å². The first-order valence-electron chi connectivity index (χ1n) is 11.3. The molecule has 0 aromatic heterocycles. The van der Waals surface area contributed by atoms with Gasteiger partial charge in [-0.25, -0.2) is 9.69 Å². The van der Waals surface area contributed by atoms with Crippen molar-refractivity contribution in [3.8, 4) is 5.75 Å².